The Balaban J connectivity index is 2.16. The summed E-state index contributed by atoms with van der Waals surface area (Å²) in [5.74, 6) is 0. The third kappa shape index (κ3) is 2.24. The Morgan fingerprint density at radius 2 is 2.00 bits per heavy atom. The number of fused-ring (bicyclic) bond motifs is 1. The number of para-hydroxylation sites is 1. The first-order valence-electron chi connectivity index (χ1n) is 6.14. The monoisotopic (exact) mass is 289 g/mol. The zero-order valence-electron chi connectivity index (χ0n) is 11.1. The molecule has 0 saturated heterocycles. The molecule has 0 spiro atoms. The van der Waals surface area contributed by atoms with Gasteiger partial charge in [0, 0.05) is 11.1 Å². The smallest absolute Gasteiger partial charge is 0.210 e. The average Bonchev–Trinajstić information content (AvgIpc) is 2.90. The molecule has 0 aliphatic rings. The summed E-state index contributed by atoms with van der Waals surface area (Å²) in [6, 6.07) is 10.1. The van der Waals surface area contributed by atoms with Crippen molar-refractivity contribution in [3.8, 4) is 5.13 Å². The summed E-state index contributed by atoms with van der Waals surface area (Å²) in [5, 5.41) is 4.25. The second kappa shape index (κ2) is 4.28. The lowest BCUT2D eigenvalue weighted by Crippen LogP contribution is -2.12. The summed E-state index contributed by atoms with van der Waals surface area (Å²) in [6.07, 6.45) is 0. The molecule has 0 atom stereocenters. The van der Waals surface area contributed by atoms with E-state index in [-0.39, 0.29) is 5.41 Å². The highest BCUT2D eigenvalue weighted by Crippen LogP contribution is 2.26. The molecule has 5 heteroatoms. The highest BCUT2D eigenvalue weighted by atomic mass is 32.1. The summed E-state index contributed by atoms with van der Waals surface area (Å²) < 4.78 is 3.83. The van der Waals surface area contributed by atoms with Crippen LogP contribution < -0.4 is 0 Å². The molecule has 3 rings (SSSR count). The minimum atomic E-state index is 0.0511. The normalized spacial score (nSPS) is 12.2. The maximum atomic E-state index is 5.43. The van der Waals surface area contributed by atoms with Crippen LogP contribution >= 0.6 is 23.6 Å². The Labute approximate surface area is 120 Å². The van der Waals surface area contributed by atoms with E-state index >= 15 is 0 Å². The highest BCUT2D eigenvalue weighted by molar-refractivity contribution is 7.71. The van der Waals surface area contributed by atoms with Crippen molar-refractivity contribution < 1.29 is 0 Å². The maximum Gasteiger partial charge on any atom is 0.210 e. The van der Waals surface area contributed by atoms with Gasteiger partial charge in [-0.25, -0.2) is 9.67 Å². The number of hydrogen-bond donors (Lipinski definition) is 1. The van der Waals surface area contributed by atoms with Gasteiger partial charge in [0.25, 0.3) is 0 Å². The number of H-pyrrole nitrogens is 1. The number of aromatic amines is 1. The molecule has 0 fully saturated rings. The van der Waals surface area contributed by atoms with E-state index in [4.69, 9.17) is 12.2 Å². The van der Waals surface area contributed by atoms with E-state index in [1.807, 2.05) is 28.9 Å². The fraction of sp³-hybridized carbons (Fsp3) is 0.286. The number of thiazole rings is 1. The van der Waals surface area contributed by atoms with Crippen LogP contribution in [0.1, 0.15) is 26.5 Å². The Kier molecular flexibility index (Phi) is 2.83. The topological polar surface area (TPSA) is 33.6 Å². The number of nitrogens with one attached hydrogen (secondary N) is 1. The van der Waals surface area contributed by atoms with E-state index in [1.54, 1.807) is 11.3 Å². The van der Waals surface area contributed by atoms with Gasteiger partial charge >= 0.3 is 0 Å². The molecule has 0 aliphatic heterocycles. The van der Waals surface area contributed by atoms with Gasteiger partial charge < -0.3 is 0 Å². The number of hydrogen-bond acceptors (Lipinski definition) is 3. The molecule has 0 bridgehead atoms. The molecular formula is C14H15N3S2. The zero-order valence-corrected chi connectivity index (χ0v) is 12.7. The van der Waals surface area contributed by atoms with Crippen molar-refractivity contribution in [1.82, 2.24) is 14.8 Å². The van der Waals surface area contributed by atoms with Crippen molar-refractivity contribution in [1.29, 1.82) is 0 Å². The van der Waals surface area contributed by atoms with E-state index in [2.05, 4.69) is 36.9 Å². The van der Waals surface area contributed by atoms with Gasteiger partial charge in [0.05, 0.1) is 10.2 Å². The Morgan fingerprint density at radius 1 is 1.26 bits per heavy atom. The summed E-state index contributed by atoms with van der Waals surface area (Å²) in [7, 11) is 0. The Hall–Kier alpha value is -1.46. The third-order valence-electron chi connectivity index (χ3n) is 3.00. The summed E-state index contributed by atoms with van der Waals surface area (Å²) in [6.45, 7) is 6.49. The fourth-order valence-corrected chi connectivity index (χ4v) is 3.13. The van der Waals surface area contributed by atoms with Gasteiger partial charge in [0.1, 0.15) is 4.64 Å². The maximum absolute atomic E-state index is 5.43. The van der Waals surface area contributed by atoms with Gasteiger partial charge in [-0.2, -0.15) is 0 Å². The van der Waals surface area contributed by atoms with Crippen molar-refractivity contribution in [3.05, 3.63) is 40.7 Å². The summed E-state index contributed by atoms with van der Waals surface area (Å²) in [5.41, 5.74) is 2.18. The lowest BCUT2D eigenvalue weighted by Gasteiger charge is -2.15. The largest absolute Gasteiger partial charge is 0.294 e. The van der Waals surface area contributed by atoms with Gasteiger partial charge in [-0.15, -0.1) is 0 Å². The average molecular weight is 289 g/mol. The first-order chi connectivity index (χ1) is 8.95. The lowest BCUT2D eigenvalue weighted by molar-refractivity contribution is 0.560. The predicted octanol–water partition coefficient (Wildman–Crippen LogP) is 4.44. The molecule has 19 heavy (non-hydrogen) atoms. The second-order valence-electron chi connectivity index (χ2n) is 5.56. The van der Waals surface area contributed by atoms with Crippen LogP contribution in [0, 0.1) is 4.64 Å². The molecule has 3 nitrogen and oxygen atoms in total. The minimum absolute atomic E-state index is 0.0511. The van der Waals surface area contributed by atoms with Crippen molar-refractivity contribution >= 4 is 33.8 Å². The molecule has 0 saturated carbocycles. The molecule has 2 heterocycles. The molecular weight excluding hydrogens is 274 g/mol. The van der Waals surface area contributed by atoms with Crippen LogP contribution in [0.3, 0.4) is 0 Å². The van der Waals surface area contributed by atoms with Gasteiger partial charge in [0.2, 0.25) is 5.13 Å². The molecule has 1 N–H and O–H groups in total. The summed E-state index contributed by atoms with van der Waals surface area (Å²) in [4.78, 5) is 4.62. The molecule has 0 aliphatic carbocycles. The molecule has 2 aromatic heterocycles. The number of nitrogens with zero attached hydrogens (tertiary/aromatic N) is 2. The predicted molar refractivity (Wildman–Crippen MR) is 82.8 cm³/mol. The molecule has 3 aromatic rings. The lowest BCUT2D eigenvalue weighted by atomic mass is 9.93. The van der Waals surface area contributed by atoms with Crippen LogP contribution in [0.15, 0.2) is 30.3 Å². The Morgan fingerprint density at radius 3 is 2.63 bits per heavy atom. The molecule has 1 aromatic carbocycles. The van der Waals surface area contributed by atoms with E-state index < -0.39 is 0 Å². The first kappa shape index (κ1) is 12.6. The van der Waals surface area contributed by atoms with E-state index in [9.17, 15) is 0 Å². The van der Waals surface area contributed by atoms with Crippen molar-refractivity contribution in [2.45, 2.75) is 26.2 Å². The standard InChI is InChI=1S/C14H15N3S2/c1-14(2,3)11-8-12(18)17(16-11)13-15-9-6-4-5-7-10(9)19-13/h4-8,16H,1-3H3. The zero-order chi connectivity index (χ0) is 13.6. The first-order valence-corrected chi connectivity index (χ1v) is 7.36. The van der Waals surface area contributed by atoms with E-state index in [0.717, 1.165) is 21.0 Å². The Bertz CT molecular complexity index is 754. The number of rotatable bonds is 1. The van der Waals surface area contributed by atoms with Gasteiger partial charge in [-0.1, -0.05) is 56.5 Å². The van der Waals surface area contributed by atoms with E-state index in [1.165, 1.54) is 4.70 Å². The molecule has 0 unspecified atom stereocenters. The van der Waals surface area contributed by atoms with Crippen molar-refractivity contribution in [2.24, 2.45) is 0 Å². The molecule has 98 valence electrons. The SMILES string of the molecule is CC(C)(C)c1cc(=S)n(-c2nc3ccccc3s2)[nH]1. The quantitative estimate of drug-likeness (QED) is 0.672. The van der Waals surface area contributed by atoms with Crippen LogP contribution in [0.4, 0.5) is 0 Å². The summed E-state index contributed by atoms with van der Waals surface area (Å²) >= 11 is 7.07. The van der Waals surface area contributed by atoms with Crippen LogP contribution in [-0.2, 0) is 5.41 Å². The fourth-order valence-electron chi connectivity index (χ4n) is 1.88. The van der Waals surface area contributed by atoms with Crippen LogP contribution in [-0.4, -0.2) is 14.8 Å². The van der Waals surface area contributed by atoms with Crippen molar-refractivity contribution in [2.75, 3.05) is 0 Å². The third-order valence-corrected chi connectivity index (χ3v) is 4.32. The van der Waals surface area contributed by atoms with Gasteiger partial charge in [-0.3, -0.25) is 5.10 Å². The van der Waals surface area contributed by atoms with E-state index in [0.29, 0.717) is 0 Å². The van der Waals surface area contributed by atoms with Crippen LogP contribution in [0.5, 0.6) is 0 Å². The minimum Gasteiger partial charge on any atom is -0.294 e. The number of aromatic nitrogens is 3. The van der Waals surface area contributed by atoms with Gasteiger partial charge in [0.15, 0.2) is 0 Å². The van der Waals surface area contributed by atoms with Gasteiger partial charge in [-0.05, 0) is 18.2 Å². The molecule has 0 amide bonds. The van der Waals surface area contributed by atoms with Crippen molar-refractivity contribution in [3.63, 3.8) is 0 Å². The number of benzene rings is 1. The van der Waals surface area contributed by atoms with Crippen LogP contribution in [0.2, 0.25) is 0 Å². The molecule has 0 radical (unpaired) electrons. The van der Waals surface area contributed by atoms with Crippen LogP contribution in [0.25, 0.3) is 15.3 Å². The second-order valence-corrected chi connectivity index (χ2v) is 6.99. The highest BCUT2D eigenvalue weighted by Gasteiger charge is 2.18.